The third kappa shape index (κ3) is 2.90. The van der Waals surface area contributed by atoms with E-state index in [0.29, 0.717) is 6.04 Å². The molecule has 2 heterocycles. The minimum atomic E-state index is -0.102. The Balaban J connectivity index is 1.58. The third-order valence-electron chi connectivity index (χ3n) is 4.29. The summed E-state index contributed by atoms with van der Waals surface area (Å²) in [6, 6.07) is 7.77. The standard InChI is InChI=1S/C15H22FN3/c16-14-5-1-2-6-15(14)19-10-8-18(9-11-19)13-4-3-7-17-12-13/h1-2,5-6,13,17H,3-4,7-12H2/t13-/m1/s1. The maximum absolute atomic E-state index is 13.8. The summed E-state index contributed by atoms with van der Waals surface area (Å²) in [6.07, 6.45) is 2.57. The first kappa shape index (κ1) is 12.9. The van der Waals surface area contributed by atoms with Gasteiger partial charge in [-0.15, -0.1) is 0 Å². The highest BCUT2D eigenvalue weighted by molar-refractivity contribution is 5.48. The molecule has 2 aliphatic rings. The number of anilines is 1. The number of piperidine rings is 1. The molecule has 2 saturated heterocycles. The van der Waals surface area contributed by atoms with Gasteiger partial charge in [-0.05, 0) is 31.5 Å². The zero-order valence-corrected chi connectivity index (χ0v) is 11.3. The molecule has 3 rings (SSSR count). The summed E-state index contributed by atoms with van der Waals surface area (Å²) in [5, 5.41) is 3.47. The van der Waals surface area contributed by atoms with E-state index in [0.717, 1.165) is 45.0 Å². The van der Waals surface area contributed by atoms with Crippen molar-refractivity contribution in [2.45, 2.75) is 18.9 Å². The fraction of sp³-hybridized carbons (Fsp3) is 0.600. The number of halogens is 1. The van der Waals surface area contributed by atoms with Gasteiger partial charge in [0.2, 0.25) is 0 Å². The van der Waals surface area contributed by atoms with E-state index in [-0.39, 0.29) is 5.82 Å². The van der Waals surface area contributed by atoms with Gasteiger partial charge in [0.25, 0.3) is 0 Å². The number of rotatable bonds is 2. The maximum atomic E-state index is 13.8. The number of benzene rings is 1. The summed E-state index contributed by atoms with van der Waals surface area (Å²) in [5.74, 6) is -0.102. The van der Waals surface area contributed by atoms with E-state index in [4.69, 9.17) is 0 Å². The van der Waals surface area contributed by atoms with Crippen molar-refractivity contribution in [1.82, 2.24) is 10.2 Å². The van der Waals surface area contributed by atoms with E-state index in [9.17, 15) is 4.39 Å². The second-order valence-electron chi connectivity index (χ2n) is 5.47. The van der Waals surface area contributed by atoms with Crippen LogP contribution in [-0.4, -0.2) is 50.2 Å². The summed E-state index contributed by atoms with van der Waals surface area (Å²) in [5.41, 5.74) is 0.754. The van der Waals surface area contributed by atoms with Crippen LogP contribution in [0, 0.1) is 5.82 Å². The van der Waals surface area contributed by atoms with Crippen LogP contribution in [0.3, 0.4) is 0 Å². The van der Waals surface area contributed by atoms with Gasteiger partial charge in [0.15, 0.2) is 0 Å². The van der Waals surface area contributed by atoms with E-state index < -0.39 is 0 Å². The fourth-order valence-corrected chi connectivity index (χ4v) is 3.18. The first-order valence-corrected chi connectivity index (χ1v) is 7.29. The van der Waals surface area contributed by atoms with E-state index in [1.54, 1.807) is 12.1 Å². The largest absolute Gasteiger partial charge is 0.367 e. The molecule has 0 aromatic heterocycles. The lowest BCUT2D eigenvalue weighted by atomic mass is 10.0. The maximum Gasteiger partial charge on any atom is 0.146 e. The van der Waals surface area contributed by atoms with Crippen molar-refractivity contribution < 1.29 is 4.39 Å². The number of nitrogens with one attached hydrogen (secondary N) is 1. The number of para-hydroxylation sites is 1. The molecule has 0 radical (unpaired) electrons. The van der Waals surface area contributed by atoms with E-state index in [2.05, 4.69) is 15.1 Å². The molecule has 19 heavy (non-hydrogen) atoms. The summed E-state index contributed by atoms with van der Waals surface area (Å²) in [6.45, 7) is 6.21. The number of hydrogen-bond acceptors (Lipinski definition) is 3. The lowest BCUT2D eigenvalue weighted by molar-refractivity contribution is 0.157. The minimum absolute atomic E-state index is 0.102. The van der Waals surface area contributed by atoms with Crippen LogP contribution in [0.2, 0.25) is 0 Å². The van der Waals surface area contributed by atoms with Crippen LogP contribution in [-0.2, 0) is 0 Å². The van der Waals surface area contributed by atoms with E-state index in [1.807, 2.05) is 12.1 Å². The van der Waals surface area contributed by atoms with Gasteiger partial charge in [0.05, 0.1) is 5.69 Å². The van der Waals surface area contributed by atoms with Crippen molar-refractivity contribution in [2.75, 3.05) is 44.2 Å². The van der Waals surface area contributed by atoms with Crippen molar-refractivity contribution in [3.05, 3.63) is 30.1 Å². The molecular weight excluding hydrogens is 241 g/mol. The van der Waals surface area contributed by atoms with Crippen LogP contribution in [0.4, 0.5) is 10.1 Å². The molecule has 3 nitrogen and oxygen atoms in total. The van der Waals surface area contributed by atoms with Gasteiger partial charge in [-0.25, -0.2) is 4.39 Å². The topological polar surface area (TPSA) is 18.5 Å². The molecule has 0 aliphatic carbocycles. The molecular formula is C15H22FN3. The summed E-state index contributed by atoms with van der Waals surface area (Å²) < 4.78 is 13.8. The molecule has 0 bridgehead atoms. The minimum Gasteiger partial charge on any atom is -0.367 e. The first-order chi connectivity index (χ1) is 9.34. The Morgan fingerprint density at radius 3 is 2.58 bits per heavy atom. The molecule has 0 spiro atoms. The van der Waals surface area contributed by atoms with Crippen molar-refractivity contribution >= 4 is 5.69 Å². The van der Waals surface area contributed by atoms with Crippen LogP contribution in [0.15, 0.2) is 24.3 Å². The molecule has 0 unspecified atom stereocenters. The highest BCUT2D eigenvalue weighted by atomic mass is 19.1. The Hall–Kier alpha value is -1.13. The normalized spacial score (nSPS) is 25.5. The van der Waals surface area contributed by atoms with Gasteiger partial charge >= 0.3 is 0 Å². The van der Waals surface area contributed by atoms with Crippen LogP contribution >= 0.6 is 0 Å². The van der Waals surface area contributed by atoms with Crippen LogP contribution in [0.1, 0.15) is 12.8 Å². The summed E-state index contributed by atoms with van der Waals surface area (Å²) in [4.78, 5) is 4.73. The molecule has 4 heteroatoms. The average Bonchev–Trinajstić information content (AvgIpc) is 2.49. The van der Waals surface area contributed by atoms with Crippen LogP contribution in [0.5, 0.6) is 0 Å². The summed E-state index contributed by atoms with van der Waals surface area (Å²) >= 11 is 0. The van der Waals surface area contributed by atoms with Gasteiger partial charge in [-0.1, -0.05) is 12.1 Å². The lowest BCUT2D eigenvalue weighted by Crippen LogP contribution is -2.54. The van der Waals surface area contributed by atoms with Crippen LogP contribution < -0.4 is 10.2 Å². The second kappa shape index (κ2) is 5.88. The number of piperazine rings is 1. The van der Waals surface area contributed by atoms with Crippen molar-refractivity contribution in [1.29, 1.82) is 0 Å². The molecule has 2 aliphatic heterocycles. The Kier molecular flexibility index (Phi) is 3.99. The zero-order valence-electron chi connectivity index (χ0n) is 11.3. The molecule has 2 fully saturated rings. The van der Waals surface area contributed by atoms with Gasteiger partial charge in [0.1, 0.15) is 5.82 Å². The molecule has 104 valence electrons. The van der Waals surface area contributed by atoms with Crippen LogP contribution in [0.25, 0.3) is 0 Å². The zero-order chi connectivity index (χ0) is 13.1. The highest BCUT2D eigenvalue weighted by Crippen LogP contribution is 2.21. The van der Waals surface area contributed by atoms with Gasteiger partial charge < -0.3 is 10.2 Å². The molecule has 0 amide bonds. The van der Waals surface area contributed by atoms with Gasteiger partial charge in [0, 0.05) is 38.8 Å². The highest BCUT2D eigenvalue weighted by Gasteiger charge is 2.25. The third-order valence-corrected chi connectivity index (χ3v) is 4.29. The predicted octanol–water partition coefficient (Wildman–Crippen LogP) is 1.70. The van der Waals surface area contributed by atoms with Crippen molar-refractivity contribution in [3.8, 4) is 0 Å². The van der Waals surface area contributed by atoms with E-state index in [1.165, 1.54) is 12.8 Å². The van der Waals surface area contributed by atoms with Crippen molar-refractivity contribution in [2.24, 2.45) is 0 Å². The Morgan fingerprint density at radius 1 is 1.11 bits per heavy atom. The van der Waals surface area contributed by atoms with Crippen molar-refractivity contribution in [3.63, 3.8) is 0 Å². The first-order valence-electron chi connectivity index (χ1n) is 7.29. The Morgan fingerprint density at radius 2 is 1.89 bits per heavy atom. The molecule has 1 atom stereocenters. The lowest BCUT2D eigenvalue weighted by Gasteiger charge is -2.41. The SMILES string of the molecule is Fc1ccccc1N1CCN([C@@H]2CCCNC2)CC1. The monoisotopic (exact) mass is 263 g/mol. The molecule has 1 N–H and O–H groups in total. The molecule has 1 aromatic rings. The number of hydrogen-bond donors (Lipinski definition) is 1. The Bertz CT molecular complexity index is 410. The van der Waals surface area contributed by atoms with Gasteiger partial charge in [-0.2, -0.15) is 0 Å². The molecule has 0 saturated carbocycles. The average molecular weight is 263 g/mol. The fourth-order valence-electron chi connectivity index (χ4n) is 3.18. The smallest absolute Gasteiger partial charge is 0.146 e. The second-order valence-corrected chi connectivity index (χ2v) is 5.47. The van der Waals surface area contributed by atoms with Gasteiger partial charge in [-0.3, -0.25) is 4.90 Å². The number of nitrogens with zero attached hydrogens (tertiary/aromatic N) is 2. The molecule has 1 aromatic carbocycles. The van der Waals surface area contributed by atoms with E-state index >= 15 is 0 Å². The predicted molar refractivity (Wildman–Crippen MR) is 76.1 cm³/mol. The Labute approximate surface area is 114 Å². The quantitative estimate of drug-likeness (QED) is 0.876. The summed E-state index contributed by atoms with van der Waals surface area (Å²) in [7, 11) is 0.